The predicted octanol–water partition coefficient (Wildman–Crippen LogP) is 2.09. The fourth-order valence-electron chi connectivity index (χ4n) is 2.58. The number of hydrogen-bond donors (Lipinski definition) is 1. The molecule has 0 bridgehead atoms. The third-order valence-corrected chi connectivity index (χ3v) is 4.89. The van der Waals surface area contributed by atoms with Crippen LogP contribution in [0.4, 0.5) is 0 Å². The van der Waals surface area contributed by atoms with E-state index in [1.54, 1.807) is 0 Å². The lowest BCUT2D eigenvalue weighted by molar-refractivity contribution is 0.153. The van der Waals surface area contributed by atoms with Crippen LogP contribution in [0.1, 0.15) is 21.7 Å². The smallest absolute Gasteiger partial charge is 0.0216 e. The first kappa shape index (κ1) is 15.0. The molecule has 108 valence electrons. The highest BCUT2D eigenvalue weighted by molar-refractivity contribution is 7.12. The number of likely N-dealkylation sites (N-methyl/N-ethyl adjacent to an activating group) is 1. The van der Waals surface area contributed by atoms with Crippen LogP contribution in [0, 0.1) is 13.8 Å². The molecule has 3 nitrogen and oxygen atoms in total. The van der Waals surface area contributed by atoms with Gasteiger partial charge < -0.3 is 15.1 Å². The first-order valence-electron chi connectivity index (χ1n) is 7.32. The van der Waals surface area contributed by atoms with Crippen molar-refractivity contribution < 1.29 is 0 Å². The number of thiophene rings is 1. The second kappa shape index (κ2) is 7.39. The molecule has 1 aliphatic rings. The fraction of sp³-hybridized carbons (Fsp3) is 0.733. The van der Waals surface area contributed by atoms with E-state index in [1.807, 2.05) is 11.3 Å². The van der Waals surface area contributed by atoms with Crippen LogP contribution in [0.2, 0.25) is 0 Å². The van der Waals surface area contributed by atoms with E-state index in [9.17, 15) is 0 Å². The lowest BCUT2D eigenvalue weighted by atomic mass is 10.2. The minimum absolute atomic E-state index is 1.03. The van der Waals surface area contributed by atoms with E-state index in [0.717, 1.165) is 13.1 Å². The summed E-state index contributed by atoms with van der Waals surface area (Å²) in [4.78, 5) is 7.88. The Balaban J connectivity index is 1.56. The molecule has 1 N–H and O–H groups in total. The number of hydrogen-bond acceptors (Lipinski definition) is 4. The minimum atomic E-state index is 1.03. The van der Waals surface area contributed by atoms with Crippen LogP contribution in [0.25, 0.3) is 0 Å². The molecule has 0 aliphatic carbocycles. The summed E-state index contributed by atoms with van der Waals surface area (Å²) in [6, 6.07) is 2.31. The molecule has 0 unspecified atom stereocenters. The van der Waals surface area contributed by atoms with E-state index in [-0.39, 0.29) is 0 Å². The fourth-order valence-corrected chi connectivity index (χ4v) is 3.53. The van der Waals surface area contributed by atoms with Crippen molar-refractivity contribution in [3.63, 3.8) is 0 Å². The third kappa shape index (κ3) is 4.88. The Morgan fingerprint density at radius 3 is 2.58 bits per heavy atom. The van der Waals surface area contributed by atoms with Crippen LogP contribution >= 0.6 is 11.3 Å². The van der Waals surface area contributed by atoms with Crippen molar-refractivity contribution in [2.24, 2.45) is 0 Å². The number of nitrogens with one attached hydrogen (secondary N) is 1. The van der Waals surface area contributed by atoms with E-state index in [4.69, 9.17) is 0 Å². The average Bonchev–Trinajstić information content (AvgIpc) is 2.70. The topological polar surface area (TPSA) is 18.5 Å². The largest absolute Gasteiger partial charge is 0.313 e. The van der Waals surface area contributed by atoms with Crippen LogP contribution < -0.4 is 5.32 Å². The molecule has 19 heavy (non-hydrogen) atoms. The minimum Gasteiger partial charge on any atom is -0.313 e. The molecule has 0 atom stereocenters. The number of rotatable bonds is 6. The molecule has 0 spiro atoms. The molecule has 1 aliphatic heterocycles. The van der Waals surface area contributed by atoms with Crippen molar-refractivity contribution in [1.82, 2.24) is 15.1 Å². The SMILES string of the molecule is Cc1cc(CNCCCN2CCN(C)CC2)c(C)s1. The van der Waals surface area contributed by atoms with E-state index in [2.05, 4.69) is 42.1 Å². The van der Waals surface area contributed by atoms with E-state index < -0.39 is 0 Å². The quantitative estimate of drug-likeness (QED) is 0.806. The Hall–Kier alpha value is -0.420. The molecule has 2 rings (SSSR count). The zero-order valence-corrected chi connectivity index (χ0v) is 13.4. The first-order chi connectivity index (χ1) is 9.15. The standard InChI is InChI=1S/C15H27N3S/c1-13-11-15(14(2)19-13)12-16-5-4-6-18-9-7-17(3)8-10-18/h11,16H,4-10,12H2,1-3H3. The van der Waals surface area contributed by atoms with Gasteiger partial charge in [-0.05, 0) is 52.0 Å². The zero-order chi connectivity index (χ0) is 13.7. The van der Waals surface area contributed by atoms with Crippen LogP contribution in [0.15, 0.2) is 6.07 Å². The van der Waals surface area contributed by atoms with E-state index in [1.165, 1.54) is 54.5 Å². The maximum Gasteiger partial charge on any atom is 0.0216 e. The zero-order valence-electron chi connectivity index (χ0n) is 12.5. The molecule has 4 heteroatoms. The number of nitrogens with zero attached hydrogens (tertiary/aromatic N) is 2. The maximum absolute atomic E-state index is 3.57. The van der Waals surface area contributed by atoms with Gasteiger partial charge in [0.15, 0.2) is 0 Å². The maximum atomic E-state index is 3.57. The van der Waals surface area contributed by atoms with Gasteiger partial charge in [-0.2, -0.15) is 0 Å². The van der Waals surface area contributed by atoms with Gasteiger partial charge in [0.2, 0.25) is 0 Å². The summed E-state index contributed by atoms with van der Waals surface area (Å²) in [5.74, 6) is 0. The van der Waals surface area contributed by atoms with Crippen molar-refractivity contribution in [1.29, 1.82) is 0 Å². The summed E-state index contributed by atoms with van der Waals surface area (Å²) >= 11 is 1.90. The van der Waals surface area contributed by atoms with Gasteiger partial charge in [0.05, 0.1) is 0 Å². The molecule has 0 aromatic carbocycles. The van der Waals surface area contributed by atoms with Crippen molar-refractivity contribution in [3.05, 3.63) is 21.4 Å². The van der Waals surface area contributed by atoms with Gasteiger partial charge in [0.1, 0.15) is 0 Å². The van der Waals surface area contributed by atoms with Crippen LogP contribution in [0.3, 0.4) is 0 Å². The Bertz CT molecular complexity index is 381. The molecule has 0 radical (unpaired) electrons. The predicted molar refractivity (Wildman–Crippen MR) is 84.1 cm³/mol. The van der Waals surface area contributed by atoms with Crippen molar-refractivity contribution >= 4 is 11.3 Å². The second-order valence-corrected chi connectivity index (χ2v) is 7.07. The number of aryl methyl sites for hydroxylation is 2. The Morgan fingerprint density at radius 1 is 1.21 bits per heavy atom. The average molecular weight is 281 g/mol. The molecule has 1 saturated heterocycles. The van der Waals surface area contributed by atoms with Crippen molar-refractivity contribution in [2.45, 2.75) is 26.8 Å². The van der Waals surface area contributed by atoms with Crippen LogP contribution in [-0.4, -0.2) is 56.1 Å². The molecule has 2 heterocycles. The molecule has 1 aromatic heterocycles. The second-order valence-electron chi connectivity index (χ2n) is 5.61. The molecule has 0 saturated carbocycles. The lowest BCUT2D eigenvalue weighted by Gasteiger charge is -2.32. The normalized spacial score (nSPS) is 18.1. The Kier molecular flexibility index (Phi) is 5.82. The van der Waals surface area contributed by atoms with Gasteiger partial charge in [0.25, 0.3) is 0 Å². The molecular weight excluding hydrogens is 254 g/mol. The summed E-state index contributed by atoms with van der Waals surface area (Å²) < 4.78 is 0. The van der Waals surface area contributed by atoms with Gasteiger partial charge >= 0.3 is 0 Å². The van der Waals surface area contributed by atoms with Crippen LogP contribution in [-0.2, 0) is 6.54 Å². The van der Waals surface area contributed by atoms with Gasteiger partial charge in [-0.15, -0.1) is 11.3 Å². The van der Waals surface area contributed by atoms with Gasteiger partial charge in [0, 0.05) is 42.5 Å². The molecule has 1 aromatic rings. The molecule has 1 fully saturated rings. The highest BCUT2D eigenvalue weighted by atomic mass is 32.1. The summed E-state index contributed by atoms with van der Waals surface area (Å²) in [5, 5.41) is 3.57. The van der Waals surface area contributed by atoms with Crippen LogP contribution in [0.5, 0.6) is 0 Å². The van der Waals surface area contributed by atoms with E-state index >= 15 is 0 Å². The van der Waals surface area contributed by atoms with Crippen molar-refractivity contribution in [3.8, 4) is 0 Å². The highest BCUT2D eigenvalue weighted by Crippen LogP contribution is 2.20. The van der Waals surface area contributed by atoms with Gasteiger partial charge in [-0.25, -0.2) is 0 Å². The summed E-state index contributed by atoms with van der Waals surface area (Å²) in [7, 11) is 2.21. The van der Waals surface area contributed by atoms with Crippen molar-refractivity contribution in [2.75, 3.05) is 46.3 Å². The highest BCUT2D eigenvalue weighted by Gasteiger charge is 2.12. The Labute approximate surface area is 121 Å². The molecular formula is C15H27N3S. The monoisotopic (exact) mass is 281 g/mol. The number of piperazine rings is 1. The van der Waals surface area contributed by atoms with Gasteiger partial charge in [-0.3, -0.25) is 0 Å². The first-order valence-corrected chi connectivity index (χ1v) is 8.14. The third-order valence-electron chi connectivity index (χ3n) is 3.88. The van der Waals surface area contributed by atoms with Gasteiger partial charge in [-0.1, -0.05) is 0 Å². The summed E-state index contributed by atoms with van der Waals surface area (Å²) in [6.45, 7) is 12.7. The lowest BCUT2D eigenvalue weighted by Crippen LogP contribution is -2.45. The summed E-state index contributed by atoms with van der Waals surface area (Å²) in [5.41, 5.74) is 1.47. The Morgan fingerprint density at radius 2 is 1.95 bits per heavy atom. The summed E-state index contributed by atoms with van der Waals surface area (Å²) in [6.07, 6.45) is 1.26. The molecule has 0 amide bonds. The van der Waals surface area contributed by atoms with E-state index in [0.29, 0.717) is 0 Å².